The third-order valence-electron chi connectivity index (χ3n) is 12.3. The van der Waals surface area contributed by atoms with E-state index in [1.54, 1.807) is 101 Å². The topological polar surface area (TPSA) is 339 Å². The molecule has 24 nitrogen and oxygen atoms in total. The number of carboxylic acid groups (broad SMARTS) is 1. The van der Waals surface area contributed by atoms with Gasteiger partial charge in [-0.2, -0.15) is 10.5 Å². The van der Waals surface area contributed by atoms with E-state index in [0.717, 1.165) is 37.8 Å². The maximum atomic E-state index is 13.3. The van der Waals surface area contributed by atoms with Gasteiger partial charge in [0.05, 0.1) is 73.9 Å². The van der Waals surface area contributed by atoms with E-state index >= 15 is 0 Å². The summed E-state index contributed by atoms with van der Waals surface area (Å²) in [6, 6.07) is 21.0. The van der Waals surface area contributed by atoms with Gasteiger partial charge in [-0.15, -0.1) is 0 Å². The van der Waals surface area contributed by atoms with E-state index in [0.29, 0.717) is 63.9 Å². The first kappa shape index (κ1) is 83.0. The number of carbonyl (C=O) groups excluding carboxylic acids is 4. The zero-order chi connectivity index (χ0) is 66.4. The minimum absolute atomic E-state index is 0. The number of hydrogen-bond acceptors (Lipinski definition) is 22. The molecule has 91 heavy (non-hydrogen) atoms. The number of nitriles is 2. The number of carbonyl (C=O) groups is 4. The maximum absolute atomic E-state index is 13.3. The van der Waals surface area contributed by atoms with Crippen LogP contribution in [0, 0.1) is 36.5 Å². The first-order valence-electron chi connectivity index (χ1n) is 28.8. The fourth-order valence-corrected chi connectivity index (χ4v) is 7.91. The van der Waals surface area contributed by atoms with Gasteiger partial charge in [0.15, 0.2) is 0 Å². The summed E-state index contributed by atoms with van der Waals surface area (Å²) in [6.45, 7) is 25.7. The molecule has 2 aliphatic heterocycles. The van der Waals surface area contributed by atoms with Crippen LogP contribution in [0.3, 0.4) is 0 Å². The largest absolute Gasteiger partial charge is 1.00 e. The van der Waals surface area contributed by atoms with Crippen LogP contribution in [-0.2, 0) is 9.47 Å². The molecule has 2 saturated heterocycles. The van der Waals surface area contributed by atoms with E-state index in [2.05, 4.69) is 63.8 Å². The second-order valence-electron chi connectivity index (χ2n) is 21.9. The number of H-pyrrole nitrogens is 1. The Kier molecular flexibility index (Phi) is 39.2. The SMILES string of the molecule is CC(C)Oc1ncccc1C(=O)[O-].COC(=O)c1ccc[nH]c1=O.COC(=O)c1cccnc1OC(C)C.C[Si](C)(C)[O-].Cc1c(C#N)ccnc1O[C@@H]1CC[C@@H](C)N(C(=O)c2cccnc2OC(C)C)C1.Cc1c(C#N)ccnc1O[C@@H]1CC[C@@H](C)NC1.[K+].[K+]. The number of rotatable bonds is 14. The second-order valence-corrected chi connectivity index (χ2v) is 26.1. The zero-order valence-corrected chi connectivity index (χ0v) is 62.6. The van der Waals surface area contributed by atoms with Gasteiger partial charge in [0.25, 0.3) is 11.5 Å². The number of aromatic carboxylic acids is 1. The van der Waals surface area contributed by atoms with Crippen molar-refractivity contribution < 1.29 is 165 Å². The molecule has 6 aromatic heterocycles. The van der Waals surface area contributed by atoms with Gasteiger partial charge in [-0.25, -0.2) is 34.5 Å². The number of carboxylic acids is 1. The van der Waals surface area contributed by atoms with Gasteiger partial charge in [0.1, 0.15) is 28.9 Å². The molecule has 2 aliphatic rings. The Labute approximate surface area is 619 Å². The van der Waals surface area contributed by atoms with Crippen molar-refractivity contribution in [2.45, 2.75) is 157 Å². The molecule has 4 atom stereocenters. The molecule has 0 spiro atoms. The quantitative estimate of drug-likeness (QED) is 0.115. The van der Waals surface area contributed by atoms with Crippen molar-refractivity contribution in [1.82, 2.24) is 40.1 Å². The molecule has 0 radical (unpaired) electrons. The molecule has 8 heterocycles. The summed E-state index contributed by atoms with van der Waals surface area (Å²) in [5.41, 5.74) is 3.09. The number of amides is 1. The van der Waals surface area contributed by atoms with E-state index in [-0.39, 0.29) is 162 Å². The van der Waals surface area contributed by atoms with Gasteiger partial charge < -0.3 is 63.1 Å². The molecular weight excluding hydrogens is 1240 g/mol. The molecular formula is C64H82K2N10O14Si. The number of aromatic amines is 1. The zero-order valence-electron chi connectivity index (χ0n) is 55.3. The van der Waals surface area contributed by atoms with Crippen LogP contribution in [0.25, 0.3) is 0 Å². The number of methoxy groups -OCH3 is 2. The Morgan fingerprint density at radius 3 is 1.44 bits per heavy atom. The van der Waals surface area contributed by atoms with Crippen LogP contribution >= 0.6 is 0 Å². The number of esters is 2. The summed E-state index contributed by atoms with van der Waals surface area (Å²) in [5.74, 6) is -0.644. The first-order chi connectivity index (χ1) is 42.1. The van der Waals surface area contributed by atoms with Crippen molar-refractivity contribution in [2.24, 2.45) is 0 Å². The smallest absolute Gasteiger partial charge is 0.859 e. The predicted molar refractivity (Wildman–Crippen MR) is 330 cm³/mol. The van der Waals surface area contributed by atoms with Gasteiger partial charge in [-0.3, -0.25) is 9.59 Å². The maximum Gasteiger partial charge on any atom is 1.00 e. The Balaban J connectivity index is 0.000000580. The van der Waals surface area contributed by atoms with E-state index < -0.39 is 31.8 Å². The number of nitrogens with one attached hydrogen (secondary N) is 2. The summed E-state index contributed by atoms with van der Waals surface area (Å²) >= 11 is 0. The van der Waals surface area contributed by atoms with Crippen LogP contribution in [0.2, 0.25) is 19.6 Å². The average Bonchev–Trinajstić information content (AvgIpc) is 1.20. The Morgan fingerprint density at radius 2 is 1.01 bits per heavy atom. The minimum atomic E-state index is -1.86. The van der Waals surface area contributed by atoms with Gasteiger partial charge in [0, 0.05) is 66.9 Å². The van der Waals surface area contributed by atoms with Crippen molar-refractivity contribution >= 4 is 32.1 Å². The first-order valence-corrected chi connectivity index (χ1v) is 32.2. The number of ether oxygens (including phenoxy) is 7. The van der Waals surface area contributed by atoms with Crippen LogP contribution in [-0.4, -0.2) is 137 Å². The normalized spacial score (nSPS) is 15.3. The fourth-order valence-electron chi connectivity index (χ4n) is 7.91. The Hall–Kier alpha value is -6.03. The van der Waals surface area contributed by atoms with Gasteiger partial charge in [-0.1, -0.05) is 28.0 Å². The third kappa shape index (κ3) is 30.1. The summed E-state index contributed by atoms with van der Waals surface area (Å²) in [7, 11) is 0.698. The summed E-state index contributed by atoms with van der Waals surface area (Å²) in [6.07, 6.45) is 12.9. The third-order valence-corrected chi connectivity index (χ3v) is 12.3. The van der Waals surface area contributed by atoms with Crippen LogP contribution in [0.5, 0.6) is 29.4 Å². The van der Waals surface area contributed by atoms with Crippen molar-refractivity contribution in [3.05, 3.63) is 153 Å². The molecule has 478 valence electrons. The molecule has 1 amide bonds. The van der Waals surface area contributed by atoms with Crippen molar-refractivity contribution in [3.63, 3.8) is 0 Å². The van der Waals surface area contributed by atoms with Crippen molar-refractivity contribution in [2.75, 3.05) is 27.3 Å². The predicted octanol–water partition coefficient (Wildman–Crippen LogP) is 1.54. The Morgan fingerprint density at radius 1 is 0.604 bits per heavy atom. The van der Waals surface area contributed by atoms with Gasteiger partial charge in [-0.05, 0) is 156 Å². The number of likely N-dealkylation sites (tertiary alicyclic amines) is 1. The molecule has 27 heteroatoms. The number of aromatic nitrogens is 6. The van der Waals surface area contributed by atoms with Crippen LogP contribution in [0.4, 0.5) is 0 Å². The molecule has 6 aromatic rings. The summed E-state index contributed by atoms with van der Waals surface area (Å²) in [5, 5.41) is 32.1. The molecule has 0 aromatic carbocycles. The van der Waals surface area contributed by atoms with Crippen molar-refractivity contribution in [3.8, 4) is 41.5 Å². The molecule has 0 unspecified atom stereocenters. The van der Waals surface area contributed by atoms with Gasteiger partial charge in [0.2, 0.25) is 29.4 Å². The number of piperidine rings is 2. The van der Waals surface area contributed by atoms with E-state index in [9.17, 15) is 39.1 Å². The number of hydrogen-bond donors (Lipinski definition) is 2. The van der Waals surface area contributed by atoms with E-state index in [4.69, 9.17) is 28.9 Å². The van der Waals surface area contributed by atoms with E-state index in [1.165, 1.54) is 44.8 Å². The molecule has 2 N–H and O–H groups in total. The molecule has 8 rings (SSSR count). The fraction of sp³-hybridized carbons (Fsp3) is 0.438. The van der Waals surface area contributed by atoms with Crippen LogP contribution in [0.1, 0.15) is 145 Å². The Bertz CT molecular complexity index is 3380. The minimum Gasteiger partial charge on any atom is -0.859 e. The number of pyridine rings is 6. The van der Waals surface area contributed by atoms with Crippen LogP contribution < -0.4 is 147 Å². The summed E-state index contributed by atoms with van der Waals surface area (Å²) < 4.78 is 37.2. The van der Waals surface area contributed by atoms with E-state index in [1.807, 2.05) is 53.4 Å². The molecule has 0 saturated carbocycles. The second kappa shape index (κ2) is 43.0. The molecule has 0 aliphatic carbocycles. The molecule has 0 bridgehead atoms. The summed E-state index contributed by atoms with van der Waals surface area (Å²) in [4.78, 5) is 91.6. The van der Waals surface area contributed by atoms with Gasteiger partial charge >= 0.3 is 115 Å². The standard InChI is InChI=1S/C22H26N4O3.C13H17N3O.C10H13NO3.C9H11NO3.C7H7NO3.C3H9OSi.2K/c1-14(2)28-21-19(6-5-10-24-21)22(27)26-13-18(8-7-15(26)3)29-20-16(4)17(12-23)9-11-25-20;1-9-3-4-12(8-16-9)17-13-10(2)11(7-14)5-6-15-13;1-7(2)14-9-8(10(12)13-3)5-4-6-11-9;1-6(2)13-8-7(9(11)12)4-3-5-10-8;1-11-7(10)5-3-2-4-8-6(5)9;1-5(2,3)4;;/h5-6,9-11,14-15,18H,7-8,13H2,1-4H3;5-6,9,12,16H,3-4,8H2,1-2H3;4-7H,1-3H3;3-6H,1-2H3,(H,11,12);2-4H,1H3,(H,8,9);1-3H3;;/q;;;;;-1;2*+1/p-1/t15-,18-;9-,12-;;;;;;/m11....../s1. The van der Waals surface area contributed by atoms with Crippen LogP contribution in [0.15, 0.2) is 103 Å². The molecule has 2 fully saturated rings. The number of nitrogens with zero attached hydrogens (tertiary/aromatic N) is 8. The monoisotopic (exact) mass is 1320 g/mol. The average molecular weight is 1320 g/mol. The van der Waals surface area contributed by atoms with Crippen molar-refractivity contribution in [1.29, 1.82) is 10.5 Å².